The van der Waals surface area contributed by atoms with Gasteiger partial charge in [-0.25, -0.2) is 9.59 Å². The van der Waals surface area contributed by atoms with Gasteiger partial charge in [0.1, 0.15) is 6.04 Å². The molecule has 6 heteroatoms. The van der Waals surface area contributed by atoms with Gasteiger partial charge in [0.2, 0.25) is 0 Å². The number of anilines is 1. The van der Waals surface area contributed by atoms with Gasteiger partial charge < -0.3 is 15.3 Å². The fraction of sp³-hybridized carbons (Fsp3) is 0.429. The lowest BCUT2D eigenvalue weighted by Crippen LogP contribution is -2.43. The van der Waals surface area contributed by atoms with Crippen LogP contribution in [0.2, 0.25) is 0 Å². The quantitative estimate of drug-likeness (QED) is 0.899. The minimum Gasteiger partial charge on any atom is -0.480 e. The van der Waals surface area contributed by atoms with Gasteiger partial charge in [-0.05, 0) is 23.6 Å². The van der Waals surface area contributed by atoms with E-state index < -0.39 is 12.0 Å². The standard InChI is InChI=1S/C14H18N2O3S/c1-9(2)10-4-3-5-11(6-10)15-14(19)16-8-20-7-12(16)13(17)18/h3-6,9,12H,7-8H2,1-2H3,(H,15,19)(H,17,18)/t12-/m0/s1. The zero-order valence-electron chi connectivity index (χ0n) is 11.5. The van der Waals surface area contributed by atoms with Crippen LogP contribution < -0.4 is 5.32 Å². The van der Waals surface area contributed by atoms with Gasteiger partial charge in [-0.3, -0.25) is 0 Å². The Morgan fingerprint density at radius 1 is 1.45 bits per heavy atom. The van der Waals surface area contributed by atoms with Gasteiger partial charge in [0.05, 0.1) is 5.88 Å². The van der Waals surface area contributed by atoms with Gasteiger partial charge in [-0.1, -0.05) is 26.0 Å². The summed E-state index contributed by atoms with van der Waals surface area (Å²) < 4.78 is 0. The number of hydrogen-bond acceptors (Lipinski definition) is 3. The van der Waals surface area contributed by atoms with E-state index in [1.807, 2.05) is 24.3 Å². The normalized spacial score (nSPS) is 18.4. The van der Waals surface area contributed by atoms with Crippen molar-refractivity contribution in [2.24, 2.45) is 0 Å². The number of carboxylic acid groups (broad SMARTS) is 1. The number of carbonyl (C=O) groups excluding carboxylic acids is 1. The number of nitrogens with zero attached hydrogens (tertiary/aromatic N) is 1. The molecule has 2 rings (SSSR count). The first kappa shape index (κ1) is 14.7. The number of nitrogens with one attached hydrogen (secondary N) is 1. The van der Waals surface area contributed by atoms with Crippen molar-refractivity contribution in [3.63, 3.8) is 0 Å². The summed E-state index contributed by atoms with van der Waals surface area (Å²) in [6, 6.07) is 6.52. The summed E-state index contributed by atoms with van der Waals surface area (Å²) >= 11 is 1.45. The first-order chi connectivity index (χ1) is 9.49. The summed E-state index contributed by atoms with van der Waals surface area (Å²) in [6.45, 7) is 4.16. The molecule has 1 saturated heterocycles. The summed E-state index contributed by atoms with van der Waals surface area (Å²) in [4.78, 5) is 24.6. The molecule has 1 aromatic rings. The highest BCUT2D eigenvalue weighted by molar-refractivity contribution is 7.99. The first-order valence-corrected chi connectivity index (χ1v) is 7.62. The average molecular weight is 294 g/mol. The molecular formula is C14H18N2O3S. The molecule has 1 atom stereocenters. The highest BCUT2D eigenvalue weighted by Gasteiger charge is 2.34. The van der Waals surface area contributed by atoms with Gasteiger partial charge in [-0.15, -0.1) is 11.8 Å². The van der Waals surface area contributed by atoms with Gasteiger partial charge in [0, 0.05) is 11.4 Å². The molecule has 0 aromatic heterocycles. The minimum absolute atomic E-state index is 0.358. The molecule has 2 amide bonds. The van der Waals surface area contributed by atoms with E-state index >= 15 is 0 Å². The molecule has 0 unspecified atom stereocenters. The Kier molecular flexibility index (Phi) is 4.54. The third-order valence-corrected chi connectivity index (χ3v) is 4.24. The van der Waals surface area contributed by atoms with E-state index in [9.17, 15) is 9.59 Å². The third-order valence-electron chi connectivity index (χ3n) is 3.23. The summed E-state index contributed by atoms with van der Waals surface area (Å²) in [5, 5.41) is 11.9. The van der Waals surface area contributed by atoms with Crippen LogP contribution in [0.3, 0.4) is 0 Å². The number of amides is 2. The lowest BCUT2D eigenvalue weighted by Gasteiger charge is -2.21. The molecule has 5 nitrogen and oxygen atoms in total. The number of hydrogen-bond donors (Lipinski definition) is 2. The summed E-state index contributed by atoms with van der Waals surface area (Å²) in [6.07, 6.45) is 0. The maximum Gasteiger partial charge on any atom is 0.327 e. The molecule has 0 spiro atoms. The van der Waals surface area contributed by atoms with Crippen molar-refractivity contribution in [1.29, 1.82) is 0 Å². The molecule has 1 aliphatic rings. The van der Waals surface area contributed by atoms with Gasteiger partial charge in [0.15, 0.2) is 0 Å². The summed E-state index contributed by atoms with van der Waals surface area (Å²) in [5.41, 5.74) is 1.83. The number of urea groups is 1. The Bertz CT molecular complexity index is 519. The van der Waals surface area contributed by atoms with Crippen LogP contribution in [0.15, 0.2) is 24.3 Å². The number of carbonyl (C=O) groups is 2. The molecule has 2 N–H and O–H groups in total. The Labute approximate surface area is 122 Å². The maximum atomic E-state index is 12.1. The smallest absolute Gasteiger partial charge is 0.327 e. The van der Waals surface area contributed by atoms with Crippen LogP contribution in [0.1, 0.15) is 25.3 Å². The number of aliphatic carboxylic acids is 1. The van der Waals surface area contributed by atoms with E-state index in [2.05, 4.69) is 19.2 Å². The van der Waals surface area contributed by atoms with Crippen LogP contribution in [0.25, 0.3) is 0 Å². The second kappa shape index (κ2) is 6.17. The van der Waals surface area contributed by atoms with Crippen molar-refractivity contribution in [2.45, 2.75) is 25.8 Å². The van der Waals surface area contributed by atoms with E-state index in [1.165, 1.54) is 16.7 Å². The number of rotatable bonds is 3. The molecule has 0 bridgehead atoms. The van der Waals surface area contributed by atoms with E-state index in [1.54, 1.807) is 0 Å². The lowest BCUT2D eigenvalue weighted by molar-refractivity contribution is -0.140. The van der Waals surface area contributed by atoms with E-state index in [4.69, 9.17) is 5.11 Å². The van der Waals surface area contributed by atoms with Crippen LogP contribution in [0.4, 0.5) is 10.5 Å². The average Bonchev–Trinajstić information content (AvgIpc) is 2.88. The van der Waals surface area contributed by atoms with Crippen LogP contribution in [0, 0.1) is 0 Å². The molecule has 0 radical (unpaired) electrons. The Morgan fingerprint density at radius 2 is 2.20 bits per heavy atom. The lowest BCUT2D eigenvalue weighted by atomic mass is 10.0. The molecule has 1 aromatic carbocycles. The van der Waals surface area contributed by atoms with Crippen molar-refractivity contribution < 1.29 is 14.7 Å². The summed E-state index contributed by atoms with van der Waals surface area (Å²) in [5.74, 6) is 0.267. The third kappa shape index (κ3) is 3.25. The van der Waals surface area contributed by atoms with Crippen LogP contribution in [-0.4, -0.2) is 39.7 Å². The Hall–Kier alpha value is -1.69. The van der Waals surface area contributed by atoms with E-state index in [0.717, 1.165) is 5.56 Å². The largest absolute Gasteiger partial charge is 0.480 e. The predicted molar refractivity (Wildman–Crippen MR) is 80.1 cm³/mol. The highest BCUT2D eigenvalue weighted by Crippen LogP contribution is 2.23. The molecule has 20 heavy (non-hydrogen) atoms. The topological polar surface area (TPSA) is 69.6 Å². The molecule has 0 aliphatic carbocycles. The van der Waals surface area contributed by atoms with Crippen molar-refractivity contribution in [3.05, 3.63) is 29.8 Å². The zero-order chi connectivity index (χ0) is 14.7. The van der Waals surface area contributed by atoms with Crippen molar-refractivity contribution >= 4 is 29.4 Å². The van der Waals surface area contributed by atoms with Gasteiger partial charge in [-0.2, -0.15) is 0 Å². The number of benzene rings is 1. The van der Waals surface area contributed by atoms with Crippen LogP contribution in [-0.2, 0) is 4.79 Å². The van der Waals surface area contributed by atoms with E-state index in [0.29, 0.717) is 23.2 Å². The first-order valence-electron chi connectivity index (χ1n) is 6.47. The minimum atomic E-state index is -0.957. The molecule has 1 aliphatic heterocycles. The van der Waals surface area contributed by atoms with Crippen molar-refractivity contribution in [1.82, 2.24) is 4.90 Å². The van der Waals surface area contributed by atoms with Crippen LogP contribution in [0.5, 0.6) is 0 Å². The zero-order valence-corrected chi connectivity index (χ0v) is 12.3. The fourth-order valence-electron chi connectivity index (χ4n) is 2.02. The Balaban J connectivity index is 2.08. The molecule has 0 saturated carbocycles. The SMILES string of the molecule is CC(C)c1cccc(NC(=O)N2CSC[C@H]2C(=O)O)c1. The molecule has 1 heterocycles. The maximum absolute atomic E-state index is 12.1. The monoisotopic (exact) mass is 294 g/mol. The molecular weight excluding hydrogens is 276 g/mol. The number of carboxylic acids is 1. The second-order valence-electron chi connectivity index (χ2n) is 5.03. The predicted octanol–water partition coefficient (Wildman–Crippen LogP) is 2.80. The van der Waals surface area contributed by atoms with Crippen molar-refractivity contribution in [2.75, 3.05) is 16.9 Å². The Morgan fingerprint density at radius 3 is 2.85 bits per heavy atom. The van der Waals surface area contributed by atoms with E-state index in [-0.39, 0.29) is 6.03 Å². The second-order valence-corrected chi connectivity index (χ2v) is 6.03. The van der Waals surface area contributed by atoms with Crippen molar-refractivity contribution in [3.8, 4) is 0 Å². The molecule has 1 fully saturated rings. The molecule has 108 valence electrons. The van der Waals surface area contributed by atoms with Gasteiger partial charge in [0.25, 0.3) is 0 Å². The van der Waals surface area contributed by atoms with Gasteiger partial charge >= 0.3 is 12.0 Å². The fourth-order valence-corrected chi connectivity index (χ4v) is 3.16. The van der Waals surface area contributed by atoms with Crippen LogP contribution >= 0.6 is 11.8 Å². The number of thioether (sulfide) groups is 1. The summed E-state index contributed by atoms with van der Waals surface area (Å²) in [7, 11) is 0. The highest BCUT2D eigenvalue weighted by atomic mass is 32.2.